The second-order valence-electron chi connectivity index (χ2n) is 5.06. The Hall–Kier alpha value is -0.450. The average Bonchev–Trinajstić information content (AvgIpc) is 2.75. The summed E-state index contributed by atoms with van der Waals surface area (Å²) in [6.07, 6.45) is 2.58. The molecule has 2 aliphatic rings. The molecule has 0 aromatic heterocycles. The van der Waals surface area contributed by atoms with Gasteiger partial charge in [-0.3, -0.25) is 4.79 Å². The molecule has 3 atom stereocenters. The van der Waals surface area contributed by atoms with Crippen molar-refractivity contribution < 1.29 is 14.3 Å². The first-order valence-corrected chi connectivity index (χ1v) is 6.12. The van der Waals surface area contributed by atoms with E-state index >= 15 is 0 Å². The Morgan fingerprint density at radius 3 is 3.00 bits per heavy atom. The van der Waals surface area contributed by atoms with Crippen LogP contribution in [0.4, 0.5) is 0 Å². The van der Waals surface area contributed by atoms with Crippen LogP contribution < -0.4 is 5.73 Å². The summed E-state index contributed by atoms with van der Waals surface area (Å²) in [5.41, 5.74) is 5.37. The molecule has 0 bridgehead atoms. The lowest BCUT2D eigenvalue weighted by molar-refractivity contribution is -0.140. The molecule has 2 fully saturated rings. The topological polar surface area (TPSA) is 61.6 Å². The Morgan fingerprint density at radius 1 is 1.56 bits per heavy atom. The average molecular weight is 227 g/mol. The zero-order valence-corrected chi connectivity index (χ0v) is 9.91. The molecule has 92 valence electrons. The van der Waals surface area contributed by atoms with Crippen LogP contribution in [0.1, 0.15) is 26.2 Å². The number of nitrogens with two attached hydrogens (primary N) is 1. The van der Waals surface area contributed by atoms with Gasteiger partial charge in [-0.1, -0.05) is 6.92 Å². The highest BCUT2D eigenvalue weighted by Gasteiger charge is 2.43. The smallest absolute Gasteiger partial charge is 0.140 e. The Kier molecular flexibility index (Phi) is 3.62. The summed E-state index contributed by atoms with van der Waals surface area (Å²) in [6, 6.07) is 0. The Balaban J connectivity index is 1.98. The molecule has 0 aliphatic carbocycles. The van der Waals surface area contributed by atoms with E-state index in [0.29, 0.717) is 25.5 Å². The number of hydrogen-bond acceptors (Lipinski definition) is 4. The van der Waals surface area contributed by atoms with E-state index in [0.717, 1.165) is 25.9 Å². The highest BCUT2D eigenvalue weighted by atomic mass is 16.6. The van der Waals surface area contributed by atoms with Gasteiger partial charge in [0.15, 0.2) is 0 Å². The SMILES string of the molecule is CC(CN)C(=O)C1CCOC2(CCOC2)C1. The fourth-order valence-electron chi connectivity index (χ4n) is 2.65. The molecule has 1 spiro atoms. The summed E-state index contributed by atoms with van der Waals surface area (Å²) < 4.78 is 11.2. The fourth-order valence-corrected chi connectivity index (χ4v) is 2.65. The first kappa shape index (κ1) is 12.0. The largest absolute Gasteiger partial charge is 0.378 e. The maximum atomic E-state index is 12.1. The number of ether oxygens (including phenoxy) is 2. The first-order valence-electron chi connectivity index (χ1n) is 6.12. The lowest BCUT2D eigenvalue weighted by Crippen LogP contribution is -2.44. The summed E-state index contributed by atoms with van der Waals surface area (Å²) in [5.74, 6) is 0.397. The minimum absolute atomic E-state index is 0.0255. The van der Waals surface area contributed by atoms with E-state index in [1.807, 2.05) is 6.92 Å². The van der Waals surface area contributed by atoms with Gasteiger partial charge in [0.1, 0.15) is 5.78 Å². The van der Waals surface area contributed by atoms with Crippen LogP contribution >= 0.6 is 0 Å². The molecule has 0 saturated carbocycles. The maximum Gasteiger partial charge on any atom is 0.140 e. The second-order valence-corrected chi connectivity index (χ2v) is 5.06. The molecule has 0 radical (unpaired) electrons. The molecule has 2 rings (SSSR count). The van der Waals surface area contributed by atoms with E-state index in [-0.39, 0.29) is 17.4 Å². The van der Waals surface area contributed by atoms with E-state index in [1.54, 1.807) is 0 Å². The predicted octanol–water partition coefficient (Wildman–Crippen LogP) is 0.736. The van der Waals surface area contributed by atoms with Gasteiger partial charge in [-0.2, -0.15) is 0 Å². The van der Waals surface area contributed by atoms with Crippen LogP contribution in [0.25, 0.3) is 0 Å². The lowest BCUT2D eigenvalue weighted by Gasteiger charge is -2.37. The van der Waals surface area contributed by atoms with Crippen LogP contribution in [0, 0.1) is 11.8 Å². The Bertz CT molecular complexity index is 261. The van der Waals surface area contributed by atoms with E-state index in [9.17, 15) is 4.79 Å². The van der Waals surface area contributed by atoms with Gasteiger partial charge < -0.3 is 15.2 Å². The van der Waals surface area contributed by atoms with Crippen molar-refractivity contribution in [2.45, 2.75) is 31.8 Å². The van der Waals surface area contributed by atoms with Crippen molar-refractivity contribution in [1.29, 1.82) is 0 Å². The lowest BCUT2D eigenvalue weighted by atomic mass is 9.80. The predicted molar refractivity (Wildman–Crippen MR) is 60.1 cm³/mol. The van der Waals surface area contributed by atoms with Gasteiger partial charge in [0.2, 0.25) is 0 Å². The number of hydrogen-bond donors (Lipinski definition) is 1. The van der Waals surface area contributed by atoms with Gasteiger partial charge in [-0.15, -0.1) is 0 Å². The van der Waals surface area contributed by atoms with Crippen LogP contribution in [-0.4, -0.2) is 37.7 Å². The third-order valence-corrected chi connectivity index (χ3v) is 3.80. The minimum atomic E-state index is -0.174. The van der Waals surface area contributed by atoms with E-state index in [1.165, 1.54) is 0 Å². The van der Waals surface area contributed by atoms with Gasteiger partial charge >= 0.3 is 0 Å². The Labute approximate surface area is 96.5 Å². The summed E-state index contributed by atoms with van der Waals surface area (Å²) >= 11 is 0. The third kappa shape index (κ3) is 2.29. The monoisotopic (exact) mass is 227 g/mol. The molecule has 2 heterocycles. The molecule has 4 nitrogen and oxygen atoms in total. The highest BCUT2D eigenvalue weighted by Crippen LogP contribution is 2.36. The summed E-state index contributed by atoms with van der Waals surface area (Å²) in [6.45, 7) is 4.44. The van der Waals surface area contributed by atoms with Crippen molar-refractivity contribution in [1.82, 2.24) is 0 Å². The normalized spacial score (nSPS) is 36.5. The van der Waals surface area contributed by atoms with Crippen molar-refractivity contribution in [2.24, 2.45) is 17.6 Å². The molecule has 0 aromatic carbocycles. The summed E-state index contributed by atoms with van der Waals surface area (Å²) in [7, 11) is 0. The maximum absolute atomic E-state index is 12.1. The standard InChI is InChI=1S/C12H21NO3/c1-9(7-13)11(14)10-2-4-16-12(6-10)3-5-15-8-12/h9-10H,2-8,13H2,1H3. The second kappa shape index (κ2) is 4.82. The number of Topliss-reactive ketones (excluding diaryl/α,β-unsaturated/α-hetero) is 1. The van der Waals surface area contributed by atoms with Gasteiger partial charge in [0.05, 0.1) is 12.2 Å². The van der Waals surface area contributed by atoms with Crippen molar-refractivity contribution in [3.63, 3.8) is 0 Å². The molecule has 2 N–H and O–H groups in total. The highest BCUT2D eigenvalue weighted by molar-refractivity contribution is 5.83. The zero-order chi connectivity index (χ0) is 11.6. The molecule has 3 unspecified atom stereocenters. The van der Waals surface area contributed by atoms with E-state index < -0.39 is 0 Å². The van der Waals surface area contributed by atoms with Crippen molar-refractivity contribution >= 4 is 5.78 Å². The Morgan fingerprint density at radius 2 is 2.38 bits per heavy atom. The minimum Gasteiger partial charge on any atom is -0.378 e. The molecular weight excluding hydrogens is 206 g/mol. The fraction of sp³-hybridized carbons (Fsp3) is 0.917. The summed E-state index contributed by atoms with van der Waals surface area (Å²) in [4.78, 5) is 12.1. The van der Waals surface area contributed by atoms with Crippen LogP contribution in [0.15, 0.2) is 0 Å². The van der Waals surface area contributed by atoms with Crippen molar-refractivity contribution in [3.05, 3.63) is 0 Å². The van der Waals surface area contributed by atoms with Gasteiger partial charge in [0, 0.05) is 38.0 Å². The number of ketones is 1. The number of carbonyl (C=O) groups is 1. The van der Waals surface area contributed by atoms with Gasteiger partial charge in [-0.05, 0) is 12.8 Å². The third-order valence-electron chi connectivity index (χ3n) is 3.80. The number of rotatable bonds is 3. The molecule has 0 amide bonds. The van der Waals surface area contributed by atoms with Crippen LogP contribution in [0.3, 0.4) is 0 Å². The first-order chi connectivity index (χ1) is 7.67. The zero-order valence-electron chi connectivity index (χ0n) is 9.91. The van der Waals surface area contributed by atoms with Crippen LogP contribution in [0.2, 0.25) is 0 Å². The van der Waals surface area contributed by atoms with E-state index in [2.05, 4.69) is 0 Å². The molecule has 16 heavy (non-hydrogen) atoms. The molecular formula is C12H21NO3. The molecule has 0 aromatic rings. The molecule has 2 saturated heterocycles. The van der Waals surface area contributed by atoms with Crippen LogP contribution in [-0.2, 0) is 14.3 Å². The van der Waals surface area contributed by atoms with E-state index in [4.69, 9.17) is 15.2 Å². The molecule has 2 aliphatic heterocycles. The van der Waals surface area contributed by atoms with Crippen LogP contribution in [0.5, 0.6) is 0 Å². The number of carbonyl (C=O) groups excluding carboxylic acids is 1. The van der Waals surface area contributed by atoms with Gasteiger partial charge in [0.25, 0.3) is 0 Å². The molecule has 4 heteroatoms. The van der Waals surface area contributed by atoms with Crippen molar-refractivity contribution in [3.8, 4) is 0 Å². The van der Waals surface area contributed by atoms with Gasteiger partial charge in [-0.25, -0.2) is 0 Å². The van der Waals surface area contributed by atoms with Crippen molar-refractivity contribution in [2.75, 3.05) is 26.4 Å². The quantitative estimate of drug-likeness (QED) is 0.772. The summed E-state index contributed by atoms with van der Waals surface area (Å²) in [5, 5.41) is 0.